The molecule has 0 fully saturated rings. The van der Waals surface area contributed by atoms with Crippen LogP contribution in [-0.4, -0.2) is 23.0 Å². The van der Waals surface area contributed by atoms with Crippen molar-refractivity contribution in [1.29, 1.82) is 0 Å². The first-order valence-electron chi connectivity index (χ1n) is 3.68. The molecule has 0 heterocycles. The molecule has 2 unspecified atom stereocenters. The number of ketones is 1. The fraction of sp³-hybridized carbons (Fsp3) is 0.625. The topological polar surface area (TPSA) is 63.3 Å². The molecule has 0 saturated carbocycles. The number of hydrogen-bond acceptors (Lipinski definition) is 3. The lowest BCUT2D eigenvalue weighted by Crippen LogP contribution is -2.43. The van der Waals surface area contributed by atoms with E-state index in [0.717, 1.165) is 0 Å². The van der Waals surface area contributed by atoms with Crippen molar-refractivity contribution in [2.45, 2.75) is 18.9 Å². The number of aliphatic hydroxyl groups excluding tert-OH is 1. The highest BCUT2D eigenvalue weighted by molar-refractivity contribution is 5.88. The molecule has 3 nitrogen and oxygen atoms in total. The van der Waals surface area contributed by atoms with Gasteiger partial charge in [0.05, 0.1) is 5.54 Å². The number of carbonyl (C=O) groups is 1. The molecule has 0 aromatic heterocycles. The summed E-state index contributed by atoms with van der Waals surface area (Å²) in [5.74, 6) is 0.0219. The highest BCUT2D eigenvalue weighted by atomic mass is 16.3. The molecule has 0 aromatic rings. The first kappa shape index (κ1) is 8.43. The van der Waals surface area contributed by atoms with Gasteiger partial charge in [0, 0.05) is 12.5 Å². The van der Waals surface area contributed by atoms with E-state index in [4.69, 9.17) is 10.8 Å². The second kappa shape index (κ2) is 2.75. The predicted molar refractivity (Wildman–Crippen MR) is 41.9 cm³/mol. The van der Waals surface area contributed by atoms with Crippen LogP contribution in [0.2, 0.25) is 0 Å². The Labute approximate surface area is 65.9 Å². The minimum atomic E-state index is -0.812. The molecule has 62 valence electrons. The maximum Gasteiger partial charge on any atom is 0.153 e. The summed E-state index contributed by atoms with van der Waals surface area (Å²) in [6, 6.07) is 0. The van der Waals surface area contributed by atoms with Crippen LogP contribution < -0.4 is 5.73 Å². The Morgan fingerprint density at radius 3 is 2.82 bits per heavy atom. The van der Waals surface area contributed by atoms with E-state index >= 15 is 0 Å². The van der Waals surface area contributed by atoms with Crippen LogP contribution in [0.1, 0.15) is 13.3 Å². The van der Waals surface area contributed by atoms with Crippen LogP contribution in [0.5, 0.6) is 0 Å². The molecule has 11 heavy (non-hydrogen) atoms. The third-order valence-electron chi connectivity index (χ3n) is 2.16. The van der Waals surface area contributed by atoms with E-state index in [-0.39, 0.29) is 18.3 Å². The third-order valence-corrected chi connectivity index (χ3v) is 2.16. The van der Waals surface area contributed by atoms with Crippen LogP contribution in [0.15, 0.2) is 12.2 Å². The van der Waals surface area contributed by atoms with E-state index in [1.807, 2.05) is 0 Å². The Balaban J connectivity index is 2.67. The molecule has 0 saturated heterocycles. The summed E-state index contributed by atoms with van der Waals surface area (Å²) in [4.78, 5) is 11.0. The molecule has 1 rings (SSSR count). The number of aliphatic hydroxyl groups is 1. The van der Waals surface area contributed by atoms with Gasteiger partial charge in [-0.2, -0.15) is 0 Å². The molecule has 0 radical (unpaired) electrons. The third kappa shape index (κ3) is 1.49. The average Bonchev–Trinajstić information content (AvgIpc) is 2.33. The van der Waals surface area contributed by atoms with Gasteiger partial charge in [-0.15, -0.1) is 0 Å². The van der Waals surface area contributed by atoms with Crippen LogP contribution in [0.25, 0.3) is 0 Å². The Bertz CT molecular complexity index is 200. The van der Waals surface area contributed by atoms with Crippen molar-refractivity contribution in [1.82, 2.24) is 0 Å². The van der Waals surface area contributed by atoms with Gasteiger partial charge in [-0.3, -0.25) is 4.79 Å². The molecule has 3 heteroatoms. The molecular formula is C8H13NO2. The predicted octanol–water partition coefficient (Wildman–Crippen LogP) is -0.159. The number of rotatable bonds is 2. The molecule has 1 aliphatic carbocycles. The molecular weight excluding hydrogens is 142 g/mol. The van der Waals surface area contributed by atoms with Crippen molar-refractivity contribution in [3.05, 3.63) is 12.2 Å². The molecule has 0 spiro atoms. The van der Waals surface area contributed by atoms with Gasteiger partial charge in [0.1, 0.15) is 0 Å². The van der Waals surface area contributed by atoms with Crippen LogP contribution in [-0.2, 0) is 4.79 Å². The van der Waals surface area contributed by atoms with Crippen LogP contribution in [0, 0.1) is 5.92 Å². The minimum absolute atomic E-state index is 0.0373. The zero-order valence-corrected chi connectivity index (χ0v) is 6.58. The monoisotopic (exact) mass is 155 g/mol. The average molecular weight is 155 g/mol. The second-order valence-electron chi connectivity index (χ2n) is 3.10. The summed E-state index contributed by atoms with van der Waals surface area (Å²) in [5.41, 5.74) is 4.91. The Kier molecular flexibility index (Phi) is 2.11. The van der Waals surface area contributed by atoms with Gasteiger partial charge in [-0.25, -0.2) is 0 Å². The Hall–Kier alpha value is -0.670. The molecule has 0 bridgehead atoms. The first-order chi connectivity index (χ1) is 5.08. The Morgan fingerprint density at radius 2 is 2.55 bits per heavy atom. The van der Waals surface area contributed by atoms with Crippen molar-refractivity contribution < 1.29 is 9.90 Å². The molecule has 3 N–H and O–H groups in total. The second-order valence-corrected chi connectivity index (χ2v) is 3.10. The standard InChI is InChI=1S/C8H13NO2/c1-6(11)8(9)3-2-7(4-8)5-10/h2-3,7,10H,4-5,9H2,1H3. The SMILES string of the molecule is CC(=O)C1(N)C=CC(CO)C1. The lowest BCUT2D eigenvalue weighted by molar-refractivity contribution is -0.120. The van der Waals surface area contributed by atoms with Crippen LogP contribution in [0.4, 0.5) is 0 Å². The van der Waals surface area contributed by atoms with Crippen molar-refractivity contribution >= 4 is 5.78 Å². The maximum absolute atomic E-state index is 11.0. The van der Waals surface area contributed by atoms with Gasteiger partial charge in [0.15, 0.2) is 5.78 Å². The Morgan fingerprint density at radius 1 is 1.91 bits per heavy atom. The quantitative estimate of drug-likeness (QED) is 0.545. The van der Waals surface area contributed by atoms with Gasteiger partial charge in [-0.05, 0) is 13.3 Å². The van der Waals surface area contributed by atoms with E-state index in [2.05, 4.69) is 0 Å². The zero-order valence-electron chi connectivity index (χ0n) is 6.58. The normalized spacial score (nSPS) is 36.1. The highest BCUT2D eigenvalue weighted by Crippen LogP contribution is 2.25. The molecule has 0 aromatic carbocycles. The number of hydrogen-bond donors (Lipinski definition) is 2. The van der Waals surface area contributed by atoms with E-state index in [0.29, 0.717) is 6.42 Å². The van der Waals surface area contributed by atoms with Gasteiger partial charge >= 0.3 is 0 Å². The molecule has 2 atom stereocenters. The molecule has 0 aliphatic heterocycles. The fourth-order valence-electron chi connectivity index (χ4n) is 1.26. The van der Waals surface area contributed by atoms with Gasteiger partial charge < -0.3 is 10.8 Å². The maximum atomic E-state index is 11.0. The van der Waals surface area contributed by atoms with Crippen molar-refractivity contribution in [3.63, 3.8) is 0 Å². The highest BCUT2D eigenvalue weighted by Gasteiger charge is 2.34. The lowest BCUT2D eigenvalue weighted by atomic mass is 9.93. The van der Waals surface area contributed by atoms with Crippen molar-refractivity contribution in [2.75, 3.05) is 6.61 Å². The van der Waals surface area contributed by atoms with Crippen molar-refractivity contribution in [3.8, 4) is 0 Å². The van der Waals surface area contributed by atoms with Crippen molar-refractivity contribution in [2.24, 2.45) is 11.7 Å². The van der Waals surface area contributed by atoms with Gasteiger partial charge in [0.2, 0.25) is 0 Å². The summed E-state index contributed by atoms with van der Waals surface area (Å²) in [5, 5.41) is 8.76. The minimum Gasteiger partial charge on any atom is -0.396 e. The van der Waals surface area contributed by atoms with Crippen LogP contribution in [0.3, 0.4) is 0 Å². The summed E-state index contributed by atoms with van der Waals surface area (Å²) in [6.45, 7) is 1.55. The lowest BCUT2D eigenvalue weighted by Gasteiger charge is -2.18. The smallest absolute Gasteiger partial charge is 0.153 e. The molecule has 1 aliphatic rings. The summed E-state index contributed by atoms with van der Waals surface area (Å²) in [7, 11) is 0. The largest absolute Gasteiger partial charge is 0.396 e. The van der Waals surface area contributed by atoms with Gasteiger partial charge in [-0.1, -0.05) is 12.2 Å². The number of carbonyl (C=O) groups excluding carboxylic acids is 1. The summed E-state index contributed by atoms with van der Waals surface area (Å²) in [6.07, 6.45) is 4.04. The summed E-state index contributed by atoms with van der Waals surface area (Å²) >= 11 is 0. The number of nitrogens with two attached hydrogens (primary N) is 1. The van der Waals surface area contributed by atoms with E-state index in [9.17, 15) is 4.79 Å². The van der Waals surface area contributed by atoms with E-state index in [1.54, 1.807) is 12.2 Å². The fourth-order valence-corrected chi connectivity index (χ4v) is 1.26. The van der Waals surface area contributed by atoms with Gasteiger partial charge in [0.25, 0.3) is 0 Å². The zero-order chi connectivity index (χ0) is 8.48. The number of Topliss-reactive ketones (excluding diaryl/α,β-unsaturated/α-hetero) is 1. The van der Waals surface area contributed by atoms with Crippen LogP contribution >= 0.6 is 0 Å². The first-order valence-corrected chi connectivity index (χ1v) is 3.68. The van der Waals surface area contributed by atoms with E-state index < -0.39 is 5.54 Å². The van der Waals surface area contributed by atoms with E-state index in [1.165, 1.54) is 6.92 Å². The molecule has 0 amide bonds. The summed E-state index contributed by atoms with van der Waals surface area (Å²) < 4.78 is 0.